The summed E-state index contributed by atoms with van der Waals surface area (Å²) in [5.41, 5.74) is 0. The fourth-order valence-corrected chi connectivity index (χ4v) is 8.84. The van der Waals surface area contributed by atoms with Crippen LogP contribution in [0.2, 0.25) is 0 Å². The molecule has 0 N–H and O–H groups in total. The molecule has 0 spiro atoms. The Morgan fingerprint density at radius 3 is 0.660 bits per heavy atom. The molecule has 0 aromatic carbocycles. The molecule has 0 fully saturated rings. The van der Waals surface area contributed by atoms with Crippen molar-refractivity contribution in [1.82, 2.24) is 9.80 Å². The largest absolute Gasteiger partial charge is 0.356 e. The lowest BCUT2D eigenvalue weighted by Crippen LogP contribution is -2.39. The molecule has 2 nitrogen and oxygen atoms in total. The summed E-state index contributed by atoms with van der Waals surface area (Å²) in [7, 11) is 0. The van der Waals surface area contributed by atoms with E-state index < -0.39 is 0 Å². The van der Waals surface area contributed by atoms with Crippen LogP contribution < -0.4 is 0 Å². The third-order valence-corrected chi connectivity index (χ3v) is 12.6. The fourth-order valence-electron chi connectivity index (χ4n) is 8.84. The van der Waals surface area contributed by atoms with Crippen molar-refractivity contribution in [3.05, 3.63) is 12.4 Å². The summed E-state index contributed by atoms with van der Waals surface area (Å²) in [5.74, 6) is 0. The van der Waals surface area contributed by atoms with Crippen molar-refractivity contribution in [2.24, 2.45) is 0 Å². The van der Waals surface area contributed by atoms with Crippen LogP contribution in [0.15, 0.2) is 12.4 Å². The minimum absolute atomic E-state index is 0.635. The van der Waals surface area contributed by atoms with Gasteiger partial charge in [-0.1, -0.05) is 271 Å². The molecule has 1 aliphatic rings. The van der Waals surface area contributed by atoms with Gasteiger partial charge in [-0.2, -0.15) is 0 Å². The van der Waals surface area contributed by atoms with Gasteiger partial charge in [0.2, 0.25) is 0 Å². The summed E-state index contributed by atoms with van der Waals surface area (Å²) < 4.78 is 0. The van der Waals surface area contributed by atoms with Crippen LogP contribution in [0.1, 0.15) is 297 Å². The lowest BCUT2D eigenvalue weighted by Gasteiger charge is -2.33. The average Bonchev–Trinajstić information content (AvgIpc) is 3.55. The van der Waals surface area contributed by atoms with Crippen molar-refractivity contribution in [3.8, 4) is 0 Å². The summed E-state index contributed by atoms with van der Waals surface area (Å²) in [6, 6.07) is 0. The summed E-state index contributed by atoms with van der Waals surface area (Å²) in [6.45, 7) is 9.50. The second-order valence-corrected chi connectivity index (χ2v) is 17.8. The number of nitrogens with zero attached hydrogens (tertiary/aromatic N) is 2. The predicted octanol–water partition coefficient (Wildman–Crippen LogP) is 18.2. The van der Waals surface area contributed by atoms with E-state index in [0.29, 0.717) is 6.17 Å². The number of hydrogen-bond acceptors (Lipinski definition) is 2. The molecular weight excluding hydrogens is 641 g/mol. The number of unbranched alkanes of at least 4 members (excludes halogenated alkanes) is 39. The topological polar surface area (TPSA) is 6.48 Å². The maximum atomic E-state index is 2.74. The molecule has 0 aromatic heterocycles. The molecule has 0 aromatic rings. The van der Waals surface area contributed by atoms with Crippen LogP contribution in [-0.4, -0.2) is 29.1 Å². The lowest BCUT2D eigenvalue weighted by atomic mass is 10.0. The third-order valence-electron chi connectivity index (χ3n) is 12.6. The first-order valence-corrected chi connectivity index (χ1v) is 25.5. The highest BCUT2D eigenvalue weighted by molar-refractivity contribution is 4.97. The van der Waals surface area contributed by atoms with Gasteiger partial charge in [0.05, 0.1) is 0 Å². The highest BCUT2D eigenvalue weighted by Crippen LogP contribution is 2.24. The molecule has 0 bridgehead atoms. The SMILES string of the molecule is CCCCCCCCCCCCCCCCCN1C=CN(CCCCCCCCCCCCCCC)C1CCCCCCCCCCCCCCCC. The Kier molecular flexibility index (Phi) is 40.4. The van der Waals surface area contributed by atoms with Crippen LogP contribution in [0.5, 0.6) is 0 Å². The van der Waals surface area contributed by atoms with Crippen molar-refractivity contribution >= 4 is 0 Å². The van der Waals surface area contributed by atoms with Crippen LogP contribution in [0.25, 0.3) is 0 Å². The predicted molar refractivity (Wildman–Crippen MR) is 242 cm³/mol. The highest BCUT2D eigenvalue weighted by Gasteiger charge is 2.25. The molecule has 1 atom stereocenters. The van der Waals surface area contributed by atoms with E-state index in [2.05, 4.69) is 43.0 Å². The Hall–Kier alpha value is -0.660. The Morgan fingerprint density at radius 1 is 0.245 bits per heavy atom. The van der Waals surface area contributed by atoms with Gasteiger partial charge in [0.25, 0.3) is 0 Å². The highest BCUT2D eigenvalue weighted by atomic mass is 15.4. The van der Waals surface area contributed by atoms with Crippen molar-refractivity contribution in [3.63, 3.8) is 0 Å². The maximum Gasteiger partial charge on any atom is 0.101 e. The van der Waals surface area contributed by atoms with E-state index >= 15 is 0 Å². The van der Waals surface area contributed by atoms with Gasteiger partial charge in [0, 0.05) is 25.5 Å². The lowest BCUT2D eigenvalue weighted by molar-refractivity contribution is 0.135. The van der Waals surface area contributed by atoms with Gasteiger partial charge in [-0.25, -0.2) is 0 Å². The Balaban J connectivity index is 2.20. The first-order valence-electron chi connectivity index (χ1n) is 25.5. The average molecular weight is 743 g/mol. The van der Waals surface area contributed by atoms with E-state index in [0.717, 1.165) is 0 Å². The van der Waals surface area contributed by atoms with Crippen molar-refractivity contribution in [1.29, 1.82) is 0 Å². The summed E-state index contributed by atoms with van der Waals surface area (Å²) in [6.07, 6.45) is 67.9. The summed E-state index contributed by atoms with van der Waals surface area (Å²) in [4.78, 5) is 5.48. The van der Waals surface area contributed by atoms with Crippen LogP contribution in [0, 0.1) is 0 Å². The molecule has 0 amide bonds. The molecule has 0 saturated carbocycles. The van der Waals surface area contributed by atoms with Crippen molar-refractivity contribution in [2.45, 2.75) is 303 Å². The van der Waals surface area contributed by atoms with Gasteiger partial charge in [0.1, 0.15) is 6.17 Å². The Bertz CT molecular complexity index is 702. The van der Waals surface area contributed by atoms with Crippen molar-refractivity contribution in [2.75, 3.05) is 13.1 Å². The Morgan fingerprint density at radius 2 is 0.434 bits per heavy atom. The molecule has 316 valence electrons. The zero-order chi connectivity index (χ0) is 38.0. The molecular formula is C51H102N2. The van der Waals surface area contributed by atoms with Gasteiger partial charge >= 0.3 is 0 Å². The minimum atomic E-state index is 0.635. The van der Waals surface area contributed by atoms with Gasteiger partial charge in [-0.3, -0.25) is 0 Å². The summed E-state index contributed by atoms with van der Waals surface area (Å²) >= 11 is 0. The van der Waals surface area contributed by atoms with Gasteiger partial charge < -0.3 is 9.80 Å². The van der Waals surface area contributed by atoms with Crippen LogP contribution in [0.3, 0.4) is 0 Å². The normalized spacial score (nSPS) is 14.4. The molecule has 53 heavy (non-hydrogen) atoms. The second-order valence-electron chi connectivity index (χ2n) is 17.8. The second kappa shape index (κ2) is 42.5. The molecule has 1 aliphatic heterocycles. The molecule has 0 aliphatic carbocycles. The van der Waals surface area contributed by atoms with E-state index in [1.807, 2.05) is 0 Å². The maximum absolute atomic E-state index is 2.74. The van der Waals surface area contributed by atoms with Crippen molar-refractivity contribution < 1.29 is 0 Å². The monoisotopic (exact) mass is 743 g/mol. The van der Waals surface area contributed by atoms with Gasteiger partial charge in [0.15, 0.2) is 0 Å². The molecule has 0 saturated heterocycles. The standard InChI is InChI=1S/C51H102N2/c1-4-7-10-13-16-19-22-25-27-30-33-36-39-42-45-48-53-50-49-52(47-44-41-38-35-32-29-24-21-18-15-12-9-6-3)51(53)46-43-40-37-34-31-28-26-23-20-17-14-11-8-5-2/h49-51H,4-48H2,1-3H3. The van der Waals surface area contributed by atoms with E-state index in [4.69, 9.17) is 0 Å². The van der Waals surface area contributed by atoms with E-state index in [1.165, 1.54) is 289 Å². The number of hydrogen-bond donors (Lipinski definition) is 0. The summed E-state index contributed by atoms with van der Waals surface area (Å²) in [5, 5.41) is 0. The first-order chi connectivity index (χ1) is 26.3. The van der Waals surface area contributed by atoms with Gasteiger partial charge in [-0.15, -0.1) is 0 Å². The van der Waals surface area contributed by atoms with Gasteiger partial charge in [-0.05, 0) is 25.7 Å². The molecule has 1 rings (SSSR count). The first kappa shape index (κ1) is 50.4. The fraction of sp³-hybridized carbons (Fsp3) is 0.961. The van der Waals surface area contributed by atoms with E-state index in [-0.39, 0.29) is 0 Å². The van der Waals surface area contributed by atoms with E-state index in [1.54, 1.807) is 0 Å². The van der Waals surface area contributed by atoms with Crippen LogP contribution >= 0.6 is 0 Å². The Labute approximate surface area is 337 Å². The van der Waals surface area contributed by atoms with Crippen LogP contribution in [-0.2, 0) is 0 Å². The molecule has 2 heteroatoms. The molecule has 1 unspecified atom stereocenters. The quantitative estimate of drug-likeness (QED) is 0.0573. The van der Waals surface area contributed by atoms with Crippen LogP contribution in [0.4, 0.5) is 0 Å². The third kappa shape index (κ3) is 34.3. The zero-order valence-corrected chi connectivity index (χ0v) is 37.4. The number of rotatable bonds is 45. The minimum Gasteiger partial charge on any atom is -0.356 e. The molecule has 1 heterocycles. The van der Waals surface area contributed by atoms with E-state index in [9.17, 15) is 0 Å². The zero-order valence-electron chi connectivity index (χ0n) is 37.4. The smallest absolute Gasteiger partial charge is 0.101 e. The molecule has 0 radical (unpaired) electrons.